The van der Waals surface area contributed by atoms with Crippen LogP contribution in [0.5, 0.6) is 0 Å². The molecule has 0 aliphatic rings. The topological polar surface area (TPSA) is 57.5 Å². The van der Waals surface area contributed by atoms with Gasteiger partial charge in [0.1, 0.15) is 0 Å². The normalized spacial score (nSPS) is 5.83. The molecule has 0 saturated heterocycles. The molecule has 1 radical (unpaired) electrons. The summed E-state index contributed by atoms with van der Waals surface area (Å²) < 4.78 is 22.8. The Morgan fingerprint density at radius 1 is 1.33 bits per heavy atom. The molecule has 3 nitrogen and oxygen atoms in total. The summed E-state index contributed by atoms with van der Waals surface area (Å²) in [6.07, 6.45) is 0. The van der Waals surface area contributed by atoms with Crippen LogP contribution >= 0.6 is 0 Å². The molecule has 0 rings (SSSR count). The van der Waals surface area contributed by atoms with Crippen LogP contribution in [0.15, 0.2) is 0 Å². The quantitative estimate of drug-likeness (QED) is 0.446. The van der Waals surface area contributed by atoms with Gasteiger partial charge in [-0.05, 0) is 0 Å². The van der Waals surface area contributed by atoms with Crippen molar-refractivity contribution >= 4 is 62.7 Å². The van der Waals surface area contributed by atoms with Gasteiger partial charge in [-0.15, -0.1) is 0 Å². The maximum absolute atomic E-state index is 8.67. The van der Waals surface area contributed by atoms with Crippen LogP contribution < -0.4 is 0 Å². The van der Waals surface area contributed by atoms with Gasteiger partial charge >= 0.3 is 51.4 Å². The van der Waals surface area contributed by atoms with Gasteiger partial charge in [-0.2, -0.15) is 4.21 Å². The van der Waals surface area contributed by atoms with Crippen LogP contribution in [0.4, 0.5) is 0 Å². The zero-order valence-corrected chi connectivity index (χ0v) is 5.00. The fraction of sp³-hybridized carbons (Fsp3) is 0. The van der Waals surface area contributed by atoms with Crippen molar-refractivity contribution < 1.29 is 35.7 Å². The van der Waals surface area contributed by atoms with Gasteiger partial charge in [0.25, 0.3) is 11.4 Å². The van der Waals surface area contributed by atoms with Crippen LogP contribution in [0.3, 0.4) is 0 Å². The fourth-order valence-electron chi connectivity index (χ4n) is 0. The molecule has 0 bridgehead atoms. The van der Waals surface area contributed by atoms with Crippen molar-refractivity contribution in [3.05, 3.63) is 0 Å². The Hall–Kier alpha value is 2.45. The third-order valence-electron chi connectivity index (χ3n) is 0. The molecule has 0 atom stereocenters. The molecule has 0 aromatic carbocycles. The second-order valence-corrected chi connectivity index (χ2v) is 0.692. The summed E-state index contributed by atoms with van der Waals surface area (Å²) in [5.41, 5.74) is 0. The van der Waals surface area contributed by atoms with E-state index in [1.807, 2.05) is 0 Å². The van der Waals surface area contributed by atoms with Crippen molar-refractivity contribution in [2.24, 2.45) is 0 Å². The van der Waals surface area contributed by atoms with E-state index in [0.29, 0.717) is 0 Å². The molecular weight excluding hydrogens is 316 g/mol. The van der Waals surface area contributed by atoms with Gasteiger partial charge in [0.2, 0.25) is 0 Å². The van der Waals surface area contributed by atoms with Crippen molar-refractivity contribution in [3.63, 3.8) is 0 Å². The summed E-state index contributed by atoms with van der Waals surface area (Å²) in [7, 11) is 0. The molecule has 0 aliphatic heterocycles. The predicted octanol–water partition coefficient (Wildman–Crippen LogP) is -0.970. The first kappa shape index (κ1) is 15.8. The van der Waals surface area contributed by atoms with E-state index in [4.69, 9.17) is 13.3 Å². The van der Waals surface area contributed by atoms with Crippen LogP contribution in [-0.2, 0) is 33.7 Å². The SMILES string of the molecule is O=S(O)O.[Au].[KH]. The standard InChI is InChI=1S/Au.K.H2O3S.H/c;;1-4(2)3;/h;;(H2,1,2,3);. The van der Waals surface area contributed by atoms with E-state index in [2.05, 4.69) is 0 Å². The minimum atomic E-state index is -2.61. The van der Waals surface area contributed by atoms with E-state index in [-0.39, 0.29) is 73.8 Å². The zero-order chi connectivity index (χ0) is 3.58. The Labute approximate surface area is 96.3 Å². The second-order valence-electron chi connectivity index (χ2n) is 0.231. The van der Waals surface area contributed by atoms with E-state index in [0.717, 1.165) is 0 Å². The molecule has 2 N–H and O–H groups in total. The Balaban J connectivity index is -0.0000000450. The van der Waals surface area contributed by atoms with Gasteiger partial charge in [-0.1, -0.05) is 0 Å². The molecule has 0 saturated carbocycles. The summed E-state index contributed by atoms with van der Waals surface area (Å²) >= 11 is -2.61. The Kier molecular flexibility index (Phi) is 27.5. The predicted molar refractivity (Wildman–Crippen MR) is 20.5 cm³/mol. The van der Waals surface area contributed by atoms with Gasteiger partial charge in [-0.3, -0.25) is 9.11 Å². The molecule has 0 fully saturated rings. The number of rotatable bonds is 0. The third-order valence-corrected chi connectivity index (χ3v) is 0. The molecule has 6 heavy (non-hydrogen) atoms. The minimum absolute atomic E-state index is 0. The van der Waals surface area contributed by atoms with Crippen LogP contribution in [0.1, 0.15) is 0 Å². The van der Waals surface area contributed by atoms with E-state index >= 15 is 0 Å². The Bertz CT molecular complexity index is 33.8. The Morgan fingerprint density at radius 2 is 1.33 bits per heavy atom. The molecule has 0 amide bonds. The first-order chi connectivity index (χ1) is 1.73. The molecule has 0 aliphatic carbocycles. The average Bonchev–Trinajstić information content (AvgIpc) is 0.811. The summed E-state index contributed by atoms with van der Waals surface area (Å²) in [4.78, 5) is 0. The Morgan fingerprint density at radius 3 is 1.33 bits per heavy atom. The molecule has 0 aromatic rings. The van der Waals surface area contributed by atoms with Gasteiger partial charge in [0.05, 0.1) is 0 Å². The van der Waals surface area contributed by atoms with E-state index in [9.17, 15) is 0 Å². The molecule has 39 valence electrons. The summed E-state index contributed by atoms with van der Waals surface area (Å²) in [5.74, 6) is 0. The maximum atomic E-state index is 8.67. The van der Waals surface area contributed by atoms with Gasteiger partial charge < -0.3 is 0 Å². The third kappa shape index (κ3) is 31.9. The summed E-state index contributed by atoms with van der Waals surface area (Å²) in [6, 6.07) is 0. The number of hydrogen-bond donors (Lipinski definition) is 2. The van der Waals surface area contributed by atoms with E-state index in [1.165, 1.54) is 0 Å². The van der Waals surface area contributed by atoms with E-state index in [1.54, 1.807) is 0 Å². The second kappa shape index (κ2) is 10.4. The van der Waals surface area contributed by atoms with Crippen LogP contribution in [0.2, 0.25) is 0 Å². The van der Waals surface area contributed by atoms with Crippen molar-refractivity contribution in [3.8, 4) is 0 Å². The molecule has 6 heteroatoms. The molecular formula is H3AuKO3S. The molecule has 0 heterocycles. The molecule has 0 spiro atoms. The molecule has 0 aromatic heterocycles. The van der Waals surface area contributed by atoms with Crippen molar-refractivity contribution in [2.45, 2.75) is 0 Å². The van der Waals surface area contributed by atoms with Gasteiger partial charge in [-0.25, -0.2) is 0 Å². The first-order valence-electron chi connectivity index (χ1n) is 0.532. The average molecular weight is 319 g/mol. The van der Waals surface area contributed by atoms with Gasteiger partial charge in [0, 0.05) is 22.4 Å². The van der Waals surface area contributed by atoms with Crippen molar-refractivity contribution in [1.82, 2.24) is 0 Å². The van der Waals surface area contributed by atoms with Gasteiger partial charge in [0.15, 0.2) is 0 Å². The van der Waals surface area contributed by atoms with Crippen LogP contribution in [0, 0.1) is 0 Å². The van der Waals surface area contributed by atoms with E-state index < -0.39 is 11.4 Å². The fourth-order valence-corrected chi connectivity index (χ4v) is 0. The van der Waals surface area contributed by atoms with Crippen LogP contribution in [-0.4, -0.2) is 64.7 Å². The molecule has 0 unspecified atom stereocenters. The van der Waals surface area contributed by atoms with Crippen molar-refractivity contribution in [2.75, 3.05) is 0 Å². The number of hydrogen-bond acceptors (Lipinski definition) is 1. The van der Waals surface area contributed by atoms with Crippen LogP contribution in [0.25, 0.3) is 0 Å². The van der Waals surface area contributed by atoms with Crippen molar-refractivity contribution in [1.29, 1.82) is 0 Å². The summed E-state index contributed by atoms with van der Waals surface area (Å²) in [6.45, 7) is 0. The zero-order valence-electron chi connectivity index (χ0n) is 2.01. The first-order valence-corrected chi connectivity index (χ1v) is 1.60. The monoisotopic (exact) mass is 319 g/mol. The summed E-state index contributed by atoms with van der Waals surface area (Å²) in [5, 5.41) is 0.